The van der Waals surface area contributed by atoms with Gasteiger partial charge in [-0.3, -0.25) is 0 Å². The topological polar surface area (TPSA) is 38.9 Å². The van der Waals surface area contributed by atoms with Crippen LogP contribution >= 0.6 is 11.6 Å². The van der Waals surface area contributed by atoms with Crippen LogP contribution in [0.15, 0.2) is 42.5 Å². The molecule has 3 rings (SSSR count). The zero-order valence-electron chi connectivity index (χ0n) is 8.44. The van der Waals surface area contributed by atoms with E-state index in [1.54, 1.807) is 0 Å². The van der Waals surface area contributed by atoms with Crippen molar-refractivity contribution in [2.45, 2.75) is 0 Å². The van der Waals surface area contributed by atoms with E-state index >= 15 is 0 Å². The number of pyridine rings is 1. The molecule has 16 heavy (non-hydrogen) atoms. The molecule has 2 N–H and O–H groups in total. The standard InChI is InChI=1S/C13H9ClN2/c14-10-3-1-8-5-9-2-4-11(15)7-13(9)16-12(8)6-10/h1-7H,15H2. The van der Waals surface area contributed by atoms with Crippen molar-refractivity contribution in [3.05, 3.63) is 47.5 Å². The molecular formula is C13H9ClN2. The van der Waals surface area contributed by atoms with Gasteiger partial charge in [0.2, 0.25) is 0 Å². The Morgan fingerprint density at radius 1 is 0.875 bits per heavy atom. The first-order valence-corrected chi connectivity index (χ1v) is 5.36. The van der Waals surface area contributed by atoms with Gasteiger partial charge in [0.05, 0.1) is 11.0 Å². The molecule has 0 aliphatic heterocycles. The van der Waals surface area contributed by atoms with E-state index in [2.05, 4.69) is 11.1 Å². The zero-order chi connectivity index (χ0) is 11.1. The Kier molecular flexibility index (Phi) is 1.98. The maximum absolute atomic E-state index is 5.94. The Bertz CT molecular complexity index is 635. The molecule has 3 heteroatoms. The monoisotopic (exact) mass is 228 g/mol. The summed E-state index contributed by atoms with van der Waals surface area (Å²) in [6.07, 6.45) is 0. The molecule has 1 aromatic heterocycles. The van der Waals surface area contributed by atoms with Crippen LogP contribution in [0.25, 0.3) is 21.8 Å². The molecule has 0 bridgehead atoms. The highest BCUT2D eigenvalue weighted by Gasteiger charge is 2.00. The molecule has 0 unspecified atom stereocenters. The lowest BCUT2D eigenvalue weighted by molar-refractivity contribution is 1.50. The summed E-state index contributed by atoms with van der Waals surface area (Å²) in [5, 5.41) is 2.87. The van der Waals surface area contributed by atoms with Gasteiger partial charge in [0, 0.05) is 21.5 Å². The number of hydrogen-bond acceptors (Lipinski definition) is 2. The second-order valence-corrected chi connectivity index (χ2v) is 4.21. The van der Waals surface area contributed by atoms with Gasteiger partial charge in [-0.1, -0.05) is 23.7 Å². The minimum atomic E-state index is 0.697. The molecule has 0 saturated carbocycles. The molecule has 0 aliphatic carbocycles. The number of anilines is 1. The number of rotatable bonds is 0. The number of aromatic nitrogens is 1. The maximum atomic E-state index is 5.94. The molecule has 0 amide bonds. The van der Waals surface area contributed by atoms with Crippen LogP contribution in [0.2, 0.25) is 5.02 Å². The summed E-state index contributed by atoms with van der Waals surface area (Å²) < 4.78 is 0. The minimum Gasteiger partial charge on any atom is -0.399 e. The summed E-state index contributed by atoms with van der Waals surface area (Å²) in [6, 6.07) is 13.5. The third kappa shape index (κ3) is 1.48. The second-order valence-electron chi connectivity index (χ2n) is 3.78. The van der Waals surface area contributed by atoms with E-state index in [1.165, 1.54) is 0 Å². The second kappa shape index (κ2) is 3.35. The van der Waals surface area contributed by atoms with Crippen LogP contribution in [0.3, 0.4) is 0 Å². The molecule has 1 heterocycles. The van der Waals surface area contributed by atoms with Crippen LogP contribution in [-0.2, 0) is 0 Å². The Balaban J connectivity index is 2.44. The Hall–Kier alpha value is -1.80. The molecule has 0 spiro atoms. The fraction of sp³-hybridized carbons (Fsp3) is 0. The van der Waals surface area contributed by atoms with Gasteiger partial charge in [0.15, 0.2) is 0 Å². The SMILES string of the molecule is Nc1ccc2cc3ccc(Cl)cc3nc2c1. The molecule has 2 aromatic carbocycles. The van der Waals surface area contributed by atoms with Crippen LogP contribution < -0.4 is 5.73 Å². The lowest BCUT2D eigenvalue weighted by atomic mass is 10.1. The number of halogens is 1. The average molecular weight is 229 g/mol. The number of nitrogens with two attached hydrogens (primary N) is 1. The van der Waals surface area contributed by atoms with E-state index in [0.29, 0.717) is 5.02 Å². The van der Waals surface area contributed by atoms with Crippen molar-refractivity contribution >= 4 is 39.1 Å². The first-order chi connectivity index (χ1) is 7.72. The number of fused-ring (bicyclic) bond motifs is 2. The highest BCUT2D eigenvalue weighted by atomic mass is 35.5. The van der Waals surface area contributed by atoms with Gasteiger partial charge in [-0.05, 0) is 30.3 Å². The highest BCUT2D eigenvalue weighted by Crippen LogP contribution is 2.23. The Morgan fingerprint density at radius 3 is 2.38 bits per heavy atom. The van der Waals surface area contributed by atoms with Crippen LogP contribution in [0, 0.1) is 0 Å². The molecule has 2 nitrogen and oxygen atoms in total. The molecule has 0 saturated heterocycles. The summed E-state index contributed by atoms with van der Waals surface area (Å²) in [6.45, 7) is 0. The van der Waals surface area contributed by atoms with E-state index in [4.69, 9.17) is 17.3 Å². The zero-order valence-corrected chi connectivity index (χ0v) is 9.20. The molecule has 0 radical (unpaired) electrons. The molecular weight excluding hydrogens is 220 g/mol. The average Bonchev–Trinajstić information content (AvgIpc) is 2.26. The Labute approximate surface area is 97.7 Å². The van der Waals surface area contributed by atoms with E-state index in [-0.39, 0.29) is 0 Å². The summed E-state index contributed by atoms with van der Waals surface area (Å²) in [5.41, 5.74) is 8.25. The van der Waals surface area contributed by atoms with Crippen molar-refractivity contribution in [3.8, 4) is 0 Å². The maximum Gasteiger partial charge on any atom is 0.0730 e. The number of nitrogens with zero attached hydrogens (tertiary/aromatic N) is 1. The van der Waals surface area contributed by atoms with Crippen molar-refractivity contribution in [1.82, 2.24) is 4.98 Å². The van der Waals surface area contributed by atoms with Crippen molar-refractivity contribution < 1.29 is 0 Å². The van der Waals surface area contributed by atoms with Crippen molar-refractivity contribution in [3.63, 3.8) is 0 Å². The molecule has 0 fully saturated rings. The first kappa shape index (κ1) is 9.43. The summed E-state index contributed by atoms with van der Waals surface area (Å²) in [7, 11) is 0. The van der Waals surface area contributed by atoms with Crippen molar-refractivity contribution in [2.75, 3.05) is 5.73 Å². The predicted octanol–water partition coefficient (Wildman–Crippen LogP) is 3.62. The summed E-state index contributed by atoms with van der Waals surface area (Å²) >= 11 is 5.94. The van der Waals surface area contributed by atoms with Crippen LogP contribution in [0.1, 0.15) is 0 Å². The first-order valence-electron chi connectivity index (χ1n) is 4.98. The summed E-state index contributed by atoms with van der Waals surface area (Å²) in [5.74, 6) is 0. The number of nitrogen functional groups attached to an aromatic ring is 1. The van der Waals surface area contributed by atoms with Gasteiger partial charge < -0.3 is 5.73 Å². The quantitative estimate of drug-likeness (QED) is 0.472. The third-order valence-electron chi connectivity index (χ3n) is 2.60. The minimum absolute atomic E-state index is 0.697. The smallest absolute Gasteiger partial charge is 0.0730 e. The molecule has 0 aliphatic rings. The Morgan fingerprint density at radius 2 is 1.56 bits per heavy atom. The lowest BCUT2D eigenvalue weighted by Crippen LogP contribution is -1.87. The van der Waals surface area contributed by atoms with Gasteiger partial charge in [-0.2, -0.15) is 0 Å². The fourth-order valence-electron chi connectivity index (χ4n) is 1.81. The van der Waals surface area contributed by atoms with Gasteiger partial charge in [0.25, 0.3) is 0 Å². The van der Waals surface area contributed by atoms with Crippen molar-refractivity contribution in [2.24, 2.45) is 0 Å². The lowest BCUT2D eigenvalue weighted by Gasteiger charge is -2.02. The molecule has 0 atom stereocenters. The fourth-order valence-corrected chi connectivity index (χ4v) is 1.98. The van der Waals surface area contributed by atoms with Gasteiger partial charge in [-0.15, -0.1) is 0 Å². The molecule has 78 valence electrons. The van der Waals surface area contributed by atoms with E-state index in [0.717, 1.165) is 27.5 Å². The van der Waals surface area contributed by atoms with Gasteiger partial charge in [0.1, 0.15) is 0 Å². The van der Waals surface area contributed by atoms with E-state index in [9.17, 15) is 0 Å². The third-order valence-corrected chi connectivity index (χ3v) is 2.83. The van der Waals surface area contributed by atoms with Crippen LogP contribution in [0.4, 0.5) is 5.69 Å². The summed E-state index contributed by atoms with van der Waals surface area (Å²) in [4.78, 5) is 4.53. The highest BCUT2D eigenvalue weighted by molar-refractivity contribution is 6.31. The van der Waals surface area contributed by atoms with Crippen LogP contribution in [0.5, 0.6) is 0 Å². The molecule has 3 aromatic rings. The van der Waals surface area contributed by atoms with E-state index in [1.807, 2.05) is 36.4 Å². The van der Waals surface area contributed by atoms with Crippen molar-refractivity contribution in [1.29, 1.82) is 0 Å². The number of benzene rings is 2. The predicted molar refractivity (Wildman–Crippen MR) is 68.7 cm³/mol. The van der Waals surface area contributed by atoms with Crippen LogP contribution in [-0.4, -0.2) is 4.98 Å². The largest absolute Gasteiger partial charge is 0.399 e. The number of hydrogen-bond donors (Lipinski definition) is 1. The van der Waals surface area contributed by atoms with Gasteiger partial charge in [-0.25, -0.2) is 4.98 Å². The normalized spacial score (nSPS) is 11.1. The van der Waals surface area contributed by atoms with E-state index < -0.39 is 0 Å². The van der Waals surface area contributed by atoms with Gasteiger partial charge >= 0.3 is 0 Å².